The second-order valence-corrected chi connectivity index (χ2v) is 6.84. The van der Waals surface area contributed by atoms with Crippen LogP contribution in [0.1, 0.15) is 16.2 Å². The van der Waals surface area contributed by atoms with Gasteiger partial charge < -0.3 is 10.2 Å². The molecule has 8 nitrogen and oxygen atoms in total. The molecule has 0 radical (unpaired) electrons. The number of benzene rings is 1. The zero-order valence-electron chi connectivity index (χ0n) is 16.4. The van der Waals surface area contributed by atoms with Gasteiger partial charge in [0.15, 0.2) is 11.4 Å². The molecule has 31 heavy (non-hydrogen) atoms. The molecule has 1 aromatic heterocycles. The molecule has 1 saturated heterocycles. The average Bonchev–Trinajstić information content (AvgIpc) is 3.18. The van der Waals surface area contributed by atoms with Crippen LogP contribution in [-0.2, 0) is 11.0 Å². The number of rotatable bonds is 6. The van der Waals surface area contributed by atoms with E-state index in [0.717, 1.165) is 12.1 Å². The van der Waals surface area contributed by atoms with E-state index in [1.54, 1.807) is 11.0 Å². The van der Waals surface area contributed by atoms with Gasteiger partial charge in [0.25, 0.3) is 5.91 Å². The van der Waals surface area contributed by atoms with Gasteiger partial charge in [-0.15, -0.1) is 11.7 Å². The van der Waals surface area contributed by atoms with Gasteiger partial charge >= 0.3 is 6.18 Å². The minimum Gasteiger partial charge on any atom is -0.352 e. The van der Waals surface area contributed by atoms with Crippen LogP contribution in [0.4, 0.5) is 17.6 Å². The highest BCUT2D eigenvalue weighted by Crippen LogP contribution is 2.33. The predicted molar refractivity (Wildman–Crippen MR) is 102 cm³/mol. The van der Waals surface area contributed by atoms with E-state index in [1.807, 2.05) is 0 Å². The minimum atomic E-state index is -4.94. The van der Waals surface area contributed by atoms with Gasteiger partial charge in [-0.2, -0.15) is 13.2 Å². The van der Waals surface area contributed by atoms with E-state index in [2.05, 4.69) is 22.2 Å². The Morgan fingerprint density at radius 3 is 2.52 bits per heavy atom. The van der Waals surface area contributed by atoms with Crippen molar-refractivity contribution < 1.29 is 27.2 Å². The third kappa shape index (κ3) is 5.26. The fraction of sp³-hybridized carbons (Fsp3) is 0.368. The van der Waals surface area contributed by atoms with Crippen molar-refractivity contribution in [2.24, 2.45) is 0 Å². The molecule has 1 aliphatic rings. The first-order valence-electron chi connectivity index (χ1n) is 9.38. The van der Waals surface area contributed by atoms with Gasteiger partial charge in [-0.3, -0.25) is 14.5 Å². The molecule has 0 spiro atoms. The first kappa shape index (κ1) is 22.4. The van der Waals surface area contributed by atoms with Crippen molar-refractivity contribution in [2.45, 2.75) is 6.18 Å². The summed E-state index contributed by atoms with van der Waals surface area (Å²) in [6.45, 7) is 4.82. The van der Waals surface area contributed by atoms with Crippen LogP contribution in [0, 0.1) is 5.82 Å². The number of hydrogen-bond donors (Lipinski definition) is 1. The van der Waals surface area contributed by atoms with Gasteiger partial charge in [0.1, 0.15) is 5.82 Å². The summed E-state index contributed by atoms with van der Waals surface area (Å²) < 4.78 is 55.1. The van der Waals surface area contributed by atoms with Gasteiger partial charge in [-0.05, 0) is 18.2 Å². The van der Waals surface area contributed by atoms with Crippen LogP contribution in [0.2, 0.25) is 0 Å². The van der Waals surface area contributed by atoms with Gasteiger partial charge in [-0.1, -0.05) is 17.4 Å². The Balaban J connectivity index is 1.75. The Labute approximate surface area is 175 Å². The number of aromatic nitrogens is 3. The maximum Gasteiger partial charge on any atom is 0.435 e. The van der Waals surface area contributed by atoms with Crippen LogP contribution in [0.15, 0.2) is 36.9 Å². The van der Waals surface area contributed by atoms with Crippen LogP contribution in [0.5, 0.6) is 0 Å². The van der Waals surface area contributed by atoms with Crippen molar-refractivity contribution in [3.63, 3.8) is 0 Å². The lowest BCUT2D eigenvalue weighted by Gasteiger charge is -2.34. The van der Waals surface area contributed by atoms with Crippen LogP contribution in [0.3, 0.4) is 0 Å². The quantitative estimate of drug-likeness (QED) is 0.544. The second kappa shape index (κ2) is 9.25. The normalized spacial score (nSPS) is 15.0. The predicted octanol–water partition coefficient (Wildman–Crippen LogP) is 1.49. The molecule has 0 saturated carbocycles. The summed E-state index contributed by atoms with van der Waals surface area (Å²) in [6, 6.07) is 4.42. The molecule has 1 aromatic carbocycles. The molecule has 1 N–H and O–H groups in total. The lowest BCUT2D eigenvalue weighted by atomic mass is 10.2. The topological polar surface area (TPSA) is 83.4 Å². The molecule has 12 heteroatoms. The van der Waals surface area contributed by atoms with E-state index in [4.69, 9.17) is 0 Å². The number of piperazine rings is 1. The van der Waals surface area contributed by atoms with Crippen molar-refractivity contribution in [3.05, 3.63) is 54.1 Å². The largest absolute Gasteiger partial charge is 0.435 e. The Bertz CT molecular complexity index is 967. The van der Waals surface area contributed by atoms with E-state index in [0.29, 0.717) is 24.3 Å². The number of nitrogens with zero attached hydrogens (tertiary/aromatic N) is 5. The van der Waals surface area contributed by atoms with Crippen LogP contribution >= 0.6 is 0 Å². The molecule has 1 aliphatic heterocycles. The van der Waals surface area contributed by atoms with Crippen molar-refractivity contribution in [2.75, 3.05) is 39.3 Å². The lowest BCUT2D eigenvalue weighted by Crippen LogP contribution is -2.51. The molecule has 2 amide bonds. The SMILES string of the molecule is C=CCNC(=O)CN1CCN(C(=O)c2nnn(-c3cccc(F)c3)c2C(F)(F)F)CC1. The van der Waals surface area contributed by atoms with Crippen LogP contribution in [-0.4, -0.2) is 75.9 Å². The molecule has 0 bridgehead atoms. The van der Waals surface area contributed by atoms with Crippen molar-refractivity contribution in [3.8, 4) is 5.69 Å². The molecular formula is C19H20F4N6O2. The molecule has 3 rings (SSSR count). The summed E-state index contributed by atoms with van der Waals surface area (Å²) in [5.74, 6) is -1.88. The highest BCUT2D eigenvalue weighted by molar-refractivity contribution is 5.93. The van der Waals surface area contributed by atoms with E-state index < -0.39 is 29.3 Å². The molecule has 166 valence electrons. The standard InChI is InChI=1S/C19H20F4N6O2/c1-2-6-24-15(30)12-27-7-9-28(10-8-27)18(31)16-17(19(21,22)23)29(26-25-16)14-5-3-4-13(20)11-14/h2-5,11H,1,6-10,12H2,(H,24,30). The molecule has 2 aromatic rings. The van der Waals surface area contributed by atoms with E-state index in [-0.39, 0.29) is 31.2 Å². The Morgan fingerprint density at radius 2 is 1.90 bits per heavy atom. The Hall–Kier alpha value is -3.28. The monoisotopic (exact) mass is 440 g/mol. The summed E-state index contributed by atoms with van der Waals surface area (Å²) in [4.78, 5) is 27.6. The highest BCUT2D eigenvalue weighted by Gasteiger charge is 2.43. The molecule has 1 fully saturated rings. The van der Waals surface area contributed by atoms with E-state index >= 15 is 0 Å². The van der Waals surface area contributed by atoms with Crippen LogP contribution < -0.4 is 5.32 Å². The fourth-order valence-electron chi connectivity index (χ4n) is 3.17. The minimum absolute atomic E-state index is 0.111. The highest BCUT2D eigenvalue weighted by atomic mass is 19.4. The summed E-state index contributed by atoms with van der Waals surface area (Å²) in [7, 11) is 0. The molecule has 2 heterocycles. The number of carbonyl (C=O) groups is 2. The van der Waals surface area contributed by atoms with Gasteiger partial charge in [-0.25, -0.2) is 9.07 Å². The molecule has 0 atom stereocenters. The Kier molecular flexibility index (Phi) is 6.68. The average molecular weight is 440 g/mol. The molecular weight excluding hydrogens is 420 g/mol. The third-order valence-electron chi connectivity index (χ3n) is 4.66. The van der Waals surface area contributed by atoms with E-state index in [1.165, 1.54) is 17.0 Å². The maximum atomic E-state index is 13.7. The van der Waals surface area contributed by atoms with Gasteiger partial charge in [0, 0.05) is 32.7 Å². The summed E-state index contributed by atoms with van der Waals surface area (Å²) >= 11 is 0. The second-order valence-electron chi connectivity index (χ2n) is 6.84. The smallest absolute Gasteiger partial charge is 0.352 e. The third-order valence-corrected chi connectivity index (χ3v) is 4.66. The number of hydrogen-bond acceptors (Lipinski definition) is 5. The van der Waals surface area contributed by atoms with E-state index in [9.17, 15) is 27.2 Å². The zero-order valence-corrected chi connectivity index (χ0v) is 16.4. The van der Waals surface area contributed by atoms with Crippen molar-refractivity contribution >= 4 is 11.8 Å². The number of alkyl halides is 3. The maximum absolute atomic E-state index is 13.7. The summed E-state index contributed by atoms with van der Waals surface area (Å²) in [5.41, 5.74) is -2.42. The van der Waals surface area contributed by atoms with Crippen LogP contribution in [0.25, 0.3) is 5.69 Å². The first-order chi connectivity index (χ1) is 14.7. The van der Waals surface area contributed by atoms with Crippen molar-refractivity contribution in [1.29, 1.82) is 0 Å². The van der Waals surface area contributed by atoms with Gasteiger partial charge in [0.2, 0.25) is 5.91 Å². The fourth-order valence-corrected chi connectivity index (χ4v) is 3.17. The van der Waals surface area contributed by atoms with Gasteiger partial charge in [0.05, 0.1) is 12.2 Å². The number of nitrogens with one attached hydrogen (secondary N) is 1. The zero-order chi connectivity index (χ0) is 22.6. The molecule has 0 aliphatic carbocycles. The number of amides is 2. The number of carbonyl (C=O) groups excluding carboxylic acids is 2. The summed E-state index contributed by atoms with van der Waals surface area (Å²) in [6.07, 6.45) is -3.39. The number of halogens is 4. The lowest BCUT2D eigenvalue weighted by molar-refractivity contribution is -0.143. The summed E-state index contributed by atoms with van der Waals surface area (Å²) in [5, 5.41) is 9.54. The molecule has 0 unspecified atom stereocenters. The van der Waals surface area contributed by atoms with Crippen molar-refractivity contribution in [1.82, 2.24) is 30.1 Å². The first-order valence-corrected chi connectivity index (χ1v) is 9.38. The Morgan fingerprint density at radius 1 is 1.19 bits per heavy atom.